The number of hydrogen-bond acceptors (Lipinski definition) is 3. The zero-order chi connectivity index (χ0) is 15.3. The van der Waals surface area contributed by atoms with Gasteiger partial charge in [-0.2, -0.15) is 0 Å². The van der Waals surface area contributed by atoms with Crippen molar-refractivity contribution in [2.24, 2.45) is 0 Å². The average Bonchev–Trinajstić information content (AvgIpc) is 2.48. The highest BCUT2D eigenvalue weighted by Gasteiger charge is 2.32. The summed E-state index contributed by atoms with van der Waals surface area (Å²) in [6.45, 7) is 4.31. The Balaban J connectivity index is 2.55. The van der Waals surface area contributed by atoms with Crippen LogP contribution in [0.25, 0.3) is 0 Å². The standard InChI is InChI=1S/C17H18O4/c1-3-20-17(2,13-9-5-4-6-10-13)14-11-7-8-12-15(14)21-16(18)19/h4-12H,3H2,1-2H3,(H,18,19). The van der Waals surface area contributed by atoms with Gasteiger partial charge in [0.2, 0.25) is 0 Å². The molecule has 21 heavy (non-hydrogen) atoms. The molecule has 110 valence electrons. The molecule has 0 fully saturated rings. The lowest BCUT2D eigenvalue weighted by molar-refractivity contribution is 0.00235. The molecule has 0 aliphatic carbocycles. The molecule has 0 amide bonds. The van der Waals surface area contributed by atoms with Crippen LogP contribution in [0.5, 0.6) is 5.75 Å². The second-order valence-corrected chi connectivity index (χ2v) is 4.70. The van der Waals surface area contributed by atoms with Crippen LogP contribution in [0.1, 0.15) is 25.0 Å². The van der Waals surface area contributed by atoms with E-state index in [-0.39, 0.29) is 5.75 Å². The molecule has 0 radical (unpaired) electrons. The largest absolute Gasteiger partial charge is 0.511 e. The van der Waals surface area contributed by atoms with Crippen LogP contribution in [0.15, 0.2) is 54.6 Å². The molecule has 0 saturated carbocycles. The molecular formula is C17H18O4. The van der Waals surface area contributed by atoms with Gasteiger partial charge in [0.25, 0.3) is 0 Å². The minimum atomic E-state index is -1.34. The summed E-state index contributed by atoms with van der Waals surface area (Å²) in [5.74, 6) is 0.282. The number of ether oxygens (including phenoxy) is 2. The molecule has 0 aliphatic rings. The van der Waals surface area contributed by atoms with Gasteiger partial charge in [0.05, 0.1) is 0 Å². The van der Waals surface area contributed by atoms with E-state index in [2.05, 4.69) is 0 Å². The number of benzene rings is 2. The van der Waals surface area contributed by atoms with Gasteiger partial charge >= 0.3 is 6.16 Å². The van der Waals surface area contributed by atoms with Crippen molar-refractivity contribution in [3.05, 3.63) is 65.7 Å². The first-order valence-corrected chi connectivity index (χ1v) is 6.77. The predicted octanol–water partition coefficient (Wildman–Crippen LogP) is 4.04. The van der Waals surface area contributed by atoms with E-state index in [0.29, 0.717) is 12.2 Å². The van der Waals surface area contributed by atoms with Gasteiger partial charge in [0, 0.05) is 12.2 Å². The summed E-state index contributed by atoms with van der Waals surface area (Å²) in [4.78, 5) is 10.9. The third-order valence-electron chi connectivity index (χ3n) is 3.36. The van der Waals surface area contributed by atoms with Crippen LogP contribution in [0, 0.1) is 0 Å². The van der Waals surface area contributed by atoms with E-state index in [9.17, 15) is 4.79 Å². The van der Waals surface area contributed by atoms with Gasteiger partial charge in [0.15, 0.2) is 0 Å². The van der Waals surface area contributed by atoms with Gasteiger partial charge in [-0.15, -0.1) is 0 Å². The van der Waals surface area contributed by atoms with Gasteiger partial charge in [-0.1, -0.05) is 48.5 Å². The molecule has 0 aromatic heterocycles. The Kier molecular flexibility index (Phi) is 4.60. The minimum absolute atomic E-state index is 0.282. The first-order valence-electron chi connectivity index (χ1n) is 6.77. The molecule has 0 heterocycles. The summed E-state index contributed by atoms with van der Waals surface area (Å²) in [5.41, 5.74) is 0.843. The fourth-order valence-electron chi connectivity index (χ4n) is 2.41. The molecule has 1 unspecified atom stereocenters. The molecular weight excluding hydrogens is 268 g/mol. The maximum absolute atomic E-state index is 10.9. The normalized spacial score (nSPS) is 13.4. The topological polar surface area (TPSA) is 55.8 Å². The monoisotopic (exact) mass is 286 g/mol. The lowest BCUT2D eigenvalue weighted by atomic mass is 9.87. The highest BCUT2D eigenvalue weighted by Crippen LogP contribution is 2.38. The van der Waals surface area contributed by atoms with Crippen molar-refractivity contribution < 1.29 is 19.4 Å². The molecule has 2 rings (SSSR count). The van der Waals surface area contributed by atoms with Gasteiger partial charge in [-0.05, 0) is 25.5 Å². The van der Waals surface area contributed by atoms with E-state index in [1.807, 2.05) is 56.3 Å². The van der Waals surface area contributed by atoms with Crippen LogP contribution in [0.3, 0.4) is 0 Å². The van der Waals surface area contributed by atoms with Crippen LogP contribution < -0.4 is 4.74 Å². The number of carbonyl (C=O) groups is 1. The van der Waals surface area contributed by atoms with Gasteiger partial charge in [0.1, 0.15) is 11.4 Å². The molecule has 1 N–H and O–H groups in total. The predicted molar refractivity (Wildman–Crippen MR) is 79.6 cm³/mol. The van der Waals surface area contributed by atoms with E-state index < -0.39 is 11.8 Å². The van der Waals surface area contributed by atoms with Crippen molar-refractivity contribution in [2.45, 2.75) is 19.4 Å². The fraction of sp³-hybridized carbons (Fsp3) is 0.235. The Morgan fingerprint density at radius 1 is 1.10 bits per heavy atom. The molecule has 0 spiro atoms. The van der Waals surface area contributed by atoms with Crippen LogP contribution in [0.4, 0.5) is 4.79 Å². The van der Waals surface area contributed by atoms with Crippen LogP contribution >= 0.6 is 0 Å². The summed E-state index contributed by atoms with van der Waals surface area (Å²) >= 11 is 0. The highest BCUT2D eigenvalue weighted by molar-refractivity contribution is 5.62. The summed E-state index contributed by atoms with van der Waals surface area (Å²) in [5, 5.41) is 8.89. The zero-order valence-electron chi connectivity index (χ0n) is 12.1. The third kappa shape index (κ3) is 3.23. The van der Waals surface area contributed by atoms with Crippen molar-refractivity contribution in [3.8, 4) is 5.75 Å². The summed E-state index contributed by atoms with van der Waals surface area (Å²) in [6.07, 6.45) is -1.34. The van der Waals surface area contributed by atoms with Crippen LogP contribution in [-0.4, -0.2) is 17.9 Å². The molecule has 4 nitrogen and oxygen atoms in total. The van der Waals surface area contributed by atoms with Crippen molar-refractivity contribution >= 4 is 6.16 Å². The molecule has 0 bridgehead atoms. The highest BCUT2D eigenvalue weighted by atomic mass is 16.7. The molecule has 2 aromatic rings. The Hall–Kier alpha value is -2.33. The van der Waals surface area contributed by atoms with Crippen molar-refractivity contribution in [1.29, 1.82) is 0 Å². The van der Waals surface area contributed by atoms with Gasteiger partial charge in [-0.25, -0.2) is 4.79 Å². The lowest BCUT2D eigenvalue weighted by Crippen LogP contribution is -2.28. The molecule has 2 aromatic carbocycles. The SMILES string of the molecule is CCOC(C)(c1ccccc1)c1ccccc1OC(=O)O. The fourth-order valence-corrected chi connectivity index (χ4v) is 2.41. The first kappa shape index (κ1) is 15.1. The maximum atomic E-state index is 10.9. The Labute approximate surface area is 123 Å². The van der Waals surface area contributed by atoms with E-state index >= 15 is 0 Å². The lowest BCUT2D eigenvalue weighted by Gasteiger charge is -2.31. The second-order valence-electron chi connectivity index (χ2n) is 4.70. The van der Waals surface area contributed by atoms with Crippen molar-refractivity contribution in [1.82, 2.24) is 0 Å². The average molecular weight is 286 g/mol. The zero-order valence-corrected chi connectivity index (χ0v) is 12.1. The van der Waals surface area contributed by atoms with Gasteiger partial charge < -0.3 is 14.6 Å². The van der Waals surface area contributed by atoms with E-state index in [4.69, 9.17) is 14.6 Å². The summed E-state index contributed by atoms with van der Waals surface area (Å²) in [6, 6.07) is 16.7. The number of carboxylic acid groups (broad SMARTS) is 1. The number of para-hydroxylation sites is 1. The van der Waals surface area contributed by atoms with Crippen LogP contribution in [-0.2, 0) is 10.3 Å². The quantitative estimate of drug-likeness (QED) is 0.665. The summed E-state index contributed by atoms with van der Waals surface area (Å²) < 4.78 is 10.8. The van der Waals surface area contributed by atoms with Gasteiger partial charge in [-0.3, -0.25) is 0 Å². The molecule has 4 heteroatoms. The smallest absolute Gasteiger partial charge is 0.449 e. The maximum Gasteiger partial charge on any atom is 0.511 e. The molecule has 0 saturated heterocycles. The Morgan fingerprint density at radius 2 is 1.71 bits per heavy atom. The van der Waals surface area contributed by atoms with E-state index in [0.717, 1.165) is 5.56 Å². The van der Waals surface area contributed by atoms with Crippen molar-refractivity contribution in [2.75, 3.05) is 6.61 Å². The Bertz CT molecular complexity index is 609. The number of rotatable bonds is 5. The van der Waals surface area contributed by atoms with E-state index in [1.165, 1.54) is 0 Å². The van der Waals surface area contributed by atoms with Crippen LogP contribution in [0.2, 0.25) is 0 Å². The Morgan fingerprint density at radius 3 is 2.33 bits per heavy atom. The van der Waals surface area contributed by atoms with E-state index in [1.54, 1.807) is 12.1 Å². The molecule has 0 aliphatic heterocycles. The van der Waals surface area contributed by atoms with Crippen molar-refractivity contribution in [3.63, 3.8) is 0 Å². The third-order valence-corrected chi connectivity index (χ3v) is 3.36. The second kappa shape index (κ2) is 6.41. The minimum Gasteiger partial charge on any atom is -0.449 e. The number of hydrogen-bond donors (Lipinski definition) is 1. The molecule has 1 atom stereocenters. The first-order chi connectivity index (χ1) is 10.1. The summed E-state index contributed by atoms with van der Waals surface area (Å²) in [7, 11) is 0.